The van der Waals surface area contributed by atoms with Crippen LogP contribution in [-0.4, -0.2) is 23.6 Å². The van der Waals surface area contributed by atoms with Gasteiger partial charge in [-0.3, -0.25) is 9.59 Å². The van der Waals surface area contributed by atoms with Crippen molar-refractivity contribution in [3.05, 3.63) is 12.2 Å². The van der Waals surface area contributed by atoms with Gasteiger partial charge in [0.1, 0.15) is 6.10 Å². The van der Waals surface area contributed by atoms with Crippen LogP contribution in [0.3, 0.4) is 0 Å². The molecule has 0 aromatic heterocycles. The molecule has 4 rings (SSSR count). The fourth-order valence-corrected chi connectivity index (χ4v) is 6.75. The zero-order valence-electron chi connectivity index (χ0n) is 15.5. The molecule has 1 N–H and O–H groups in total. The highest BCUT2D eigenvalue weighted by Gasteiger charge is 2.61. The molecule has 0 heterocycles. The molecule has 0 saturated heterocycles. The number of nitrogens with one attached hydrogen (secondary N) is 1. The molecule has 0 amide bonds. The lowest BCUT2D eigenvalue weighted by molar-refractivity contribution is -0.143. The lowest BCUT2D eigenvalue weighted by Crippen LogP contribution is -2.52. The zero-order valence-corrected chi connectivity index (χ0v) is 15.5. The predicted molar refractivity (Wildman–Crippen MR) is 95.3 cm³/mol. The van der Waals surface area contributed by atoms with E-state index in [1.807, 2.05) is 6.08 Å². The van der Waals surface area contributed by atoms with Crippen LogP contribution in [0.5, 0.6) is 0 Å². The smallest absolute Gasteiger partial charge is 0.303 e. The maximum Gasteiger partial charge on any atom is 0.303 e. The van der Waals surface area contributed by atoms with Crippen molar-refractivity contribution >= 4 is 17.5 Å². The molecule has 7 atom stereocenters. The topological polar surface area (TPSA) is 67.2 Å². The van der Waals surface area contributed by atoms with Gasteiger partial charge in [0.15, 0.2) is 5.78 Å². The molecule has 3 fully saturated rings. The molecule has 4 aliphatic carbocycles. The first-order chi connectivity index (χ1) is 11.8. The van der Waals surface area contributed by atoms with Crippen molar-refractivity contribution in [1.29, 1.82) is 5.41 Å². The van der Waals surface area contributed by atoms with Gasteiger partial charge in [-0.05, 0) is 67.3 Å². The van der Waals surface area contributed by atoms with Gasteiger partial charge in [0.25, 0.3) is 0 Å². The zero-order chi connectivity index (χ0) is 18.0. The highest BCUT2D eigenvalue weighted by molar-refractivity contribution is 5.95. The van der Waals surface area contributed by atoms with E-state index in [-0.39, 0.29) is 28.7 Å². The second kappa shape index (κ2) is 5.52. The number of esters is 1. The lowest BCUT2D eigenvalue weighted by Gasteiger charge is -2.57. The monoisotopic (exact) mass is 343 g/mol. The van der Waals surface area contributed by atoms with Gasteiger partial charge < -0.3 is 10.1 Å². The molecule has 136 valence electrons. The molecule has 0 bridgehead atoms. The molecule has 0 aromatic carbocycles. The van der Waals surface area contributed by atoms with Crippen LogP contribution in [0.4, 0.5) is 0 Å². The Balaban J connectivity index is 1.65. The van der Waals surface area contributed by atoms with Gasteiger partial charge in [0.05, 0.1) is 5.71 Å². The van der Waals surface area contributed by atoms with E-state index in [9.17, 15) is 9.59 Å². The Labute approximate surface area is 149 Å². The maximum absolute atomic E-state index is 11.9. The number of allylic oxidation sites excluding steroid dienone is 2. The van der Waals surface area contributed by atoms with Gasteiger partial charge in [-0.25, -0.2) is 0 Å². The highest BCUT2D eigenvalue weighted by atomic mass is 16.5. The summed E-state index contributed by atoms with van der Waals surface area (Å²) in [6.07, 6.45) is 9.54. The molecule has 4 aliphatic rings. The van der Waals surface area contributed by atoms with Crippen LogP contribution in [0.1, 0.15) is 59.3 Å². The Hall–Kier alpha value is -1.45. The van der Waals surface area contributed by atoms with Gasteiger partial charge >= 0.3 is 5.97 Å². The van der Waals surface area contributed by atoms with Crippen LogP contribution >= 0.6 is 0 Å². The lowest BCUT2D eigenvalue weighted by atomic mass is 9.46. The Bertz CT molecular complexity index is 668. The second-order valence-electron chi connectivity index (χ2n) is 9.22. The largest absolute Gasteiger partial charge is 0.456 e. The molecule has 0 aliphatic heterocycles. The van der Waals surface area contributed by atoms with E-state index in [1.54, 1.807) is 0 Å². The van der Waals surface area contributed by atoms with Crippen molar-refractivity contribution in [3.63, 3.8) is 0 Å². The van der Waals surface area contributed by atoms with Crippen molar-refractivity contribution in [1.82, 2.24) is 0 Å². The maximum atomic E-state index is 11.9. The summed E-state index contributed by atoms with van der Waals surface area (Å²) in [7, 11) is 0. The molecule has 2 unspecified atom stereocenters. The summed E-state index contributed by atoms with van der Waals surface area (Å²) in [6, 6.07) is 0. The number of carbonyl (C=O) groups is 2. The van der Waals surface area contributed by atoms with E-state index in [2.05, 4.69) is 19.9 Å². The van der Waals surface area contributed by atoms with E-state index in [0.29, 0.717) is 35.8 Å². The van der Waals surface area contributed by atoms with Crippen LogP contribution in [-0.2, 0) is 14.3 Å². The second-order valence-corrected chi connectivity index (χ2v) is 9.22. The van der Waals surface area contributed by atoms with Gasteiger partial charge in [0, 0.05) is 18.8 Å². The molecule has 0 radical (unpaired) electrons. The average Bonchev–Trinajstić information content (AvgIpc) is 2.79. The Kier molecular flexibility index (Phi) is 3.75. The normalized spacial score (nSPS) is 48.5. The van der Waals surface area contributed by atoms with Gasteiger partial charge in [0.2, 0.25) is 0 Å². The molecule has 0 aromatic rings. The number of ketones is 1. The minimum Gasteiger partial charge on any atom is -0.456 e. The van der Waals surface area contributed by atoms with E-state index in [0.717, 1.165) is 32.1 Å². The van der Waals surface area contributed by atoms with E-state index in [4.69, 9.17) is 10.1 Å². The Morgan fingerprint density at radius 2 is 2.00 bits per heavy atom. The third kappa shape index (κ3) is 2.36. The Morgan fingerprint density at radius 3 is 2.72 bits per heavy atom. The van der Waals surface area contributed by atoms with Gasteiger partial charge in [-0.2, -0.15) is 0 Å². The van der Waals surface area contributed by atoms with E-state index < -0.39 is 0 Å². The molecular weight excluding hydrogens is 314 g/mol. The number of hydrogen-bond acceptors (Lipinski definition) is 4. The first-order valence-electron chi connectivity index (χ1n) is 9.74. The first kappa shape index (κ1) is 17.0. The van der Waals surface area contributed by atoms with Gasteiger partial charge in [-0.15, -0.1) is 0 Å². The summed E-state index contributed by atoms with van der Waals surface area (Å²) >= 11 is 0. The summed E-state index contributed by atoms with van der Waals surface area (Å²) < 4.78 is 5.48. The molecule has 4 nitrogen and oxygen atoms in total. The minimum absolute atomic E-state index is 0.111. The Morgan fingerprint density at radius 1 is 1.24 bits per heavy atom. The van der Waals surface area contributed by atoms with Crippen molar-refractivity contribution in [2.24, 2.45) is 34.5 Å². The summed E-state index contributed by atoms with van der Waals surface area (Å²) in [6.45, 7) is 6.01. The summed E-state index contributed by atoms with van der Waals surface area (Å²) in [4.78, 5) is 23.3. The molecule has 4 heteroatoms. The van der Waals surface area contributed by atoms with Crippen molar-refractivity contribution in [2.75, 3.05) is 0 Å². The predicted octanol–water partition coefficient (Wildman–Crippen LogP) is 3.94. The summed E-state index contributed by atoms with van der Waals surface area (Å²) in [5.41, 5.74) is 0.617. The van der Waals surface area contributed by atoms with Crippen LogP contribution in [0.25, 0.3) is 0 Å². The standard InChI is InChI=1S/C21H29NO3/c1-12(23)25-18-11-17-15-5-4-13-10-14(24)6-8-20(13,2)16(15)7-9-21(17,3)19(18)22/h6,8,13,15-18,22H,4-5,7,9-11H2,1-3H3/t13?,15-,16-,17+,18?,20+,21+/m1/s1. The van der Waals surface area contributed by atoms with Crippen molar-refractivity contribution in [2.45, 2.75) is 65.4 Å². The van der Waals surface area contributed by atoms with E-state index in [1.165, 1.54) is 6.92 Å². The first-order valence-corrected chi connectivity index (χ1v) is 9.74. The SMILES string of the molecule is CC(=O)OC1C[C@H]2[C@@H]3CCC4CC(=O)C=C[C@]4(C)[C@@H]3CC[C@]2(C)C1=N. The van der Waals surface area contributed by atoms with Crippen molar-refractivity contribution < 1.29 is 14.3 Å². The van der Waals surface area contributed by atoms with E-state index >= 15 is 0 Å². The fourth-order valence-electron chi connectivity index (χ4n) is 6.75. The number of ether oxygens (including phenoxy) is 1. The molecule has 0 spiro atoms. The number of fused-ring (bicyclic) bond motifs is 5. The molecular formula is C21H29NO3. The van der Waals surface area contributed by atoms with Crippen LogP contribution in [0.2, 0.25) is 0 Å². The average molecular weight is 343 g/mol. The van der Waals surface area contributed by atoms with Crippen molar-refractivity contribution in [3.8, 4) is 0 Å². The van der Waals surface area contributed by atoms with Crippen LogP contribution < -0.4 is 0 Å². The van der Waals surface area contributed by atoms with Crippen LogP contribution in [0.15, 0.2) is 12.2 Å². The summed E-state index contributed by atoms with van der Waals surface area (Å²) in [5, 5.41) is 8.65. The molecule has 25 heavy (non-hydrogen) atoms. The fraction of sp³-hybridized carbons (Fsp3) is 0.762. The highest BCUT2D eigenvalue weighted by Crippen LogP contribution is 2.64. The summed E-state index contributed by atoms with van der Waals surface area (Å²) in [5.74, 6) is 2.04. The third-order valence-corrected chi connectivity index (χ3v) is 8.14. The number of hydrogen-bond donors (Lipinski definition) is 1. The third-order valence-electron chi connectivity index (χ3n) is 8.14. The molecule has 3 saturated carbocycles. The quantitative estimate of drug-likeness (QED) is 0.733. The van der Waals surface area contributed by atoms with Crippen LogP contribution in [0, 0.1) is 39.9 Å². The number of rotatable bonds is 1. The minimum atomic E-state index is -0.333. The van der Waals surface area contributed by atoms with Gasteiger partial charge in [-0.1, -0.05) is 19.9 Å². The number of carbonyl (C=O) groups excluding carboxylic acids is 2.